The summed E-state index contributed by atoms with van der Waals surface area (Å²) in [6, 6.07) is 6.53. The highest BCUT2D eigenvalue weighted by atomic mass is 79.9. The van der Waals surface area contributed by atoms with E-state index < -0.39 is 0 Å². The lowest BCUT2D eigenvalue weighted by Crippen LogP contribution is -1.87. The summed E-state index contributed by atoms with van der Waals surface area (Å²) < 4.78 is 14.0. The minimum atomic E-state index is -0.353. The van der Waals surface area contributed by atoms with E-state index in [9.17, 15) is 4.39 Å². The molecule has 4 heteroatoms. The second kappa shape index (κ2) is 3.35. The highest BCUT2D eigenvalue weighted by Crippen LogP contribution is 2.24. The number of rotatable bonds is 0. The van der Waals surface area contributed by atoms with Gasteiger partial charge in [-0.05, 0) is 18.2 Å². The number of pyridine rings is 1. The molecule has 0 bridgehead atoms. The first-order valence-electron chi connectivity index (χ1n) is 3.86. The lowest BCUT2D eigenvalue weighted by molar-refractivity contribution is 0.639. The first-order chi connectivity index (χ1) is 6.72. The van der Waals surface area contributed by atoms with Crippen LogP contribution >= 0.6 is 15.9 Å². The van der Waals surface area contributed by atoms with E-state index in [1.807, 2.05) is 6.07 Å². The van der Waals surface area contributed by atoms with Gasteiger partial charge in [-0.1, -0.05) is 15.9 Å². The Morgan fingerprint density at radius 2 is 2.14 bits per heavy atom. The van der Waals surface area contributed by atoms with Gasteiger partial charge in [0.1, 0.15) is 17.6 Å². The molecule has 0 aliphatic rings. The van der Waals surface area contributed by atoms with Crippen LogP contribution < -0.4 is 0 Å². The van der Waals surface area contributed by atoms with Crippen molar-refractivity contribution in [3.05, 3.63) is 40.4 Å². The zero-order valence-electron chi connectivity index (χ0n) is 6.96. The molecule has 0 saturated carbocycles. The summed E-state index contributed by atoms with van der Waals surface area (Å²) in [5.74, 6) is -0.353. The fourth-order valence-corrected chi connectivity index (χ4v) is 1.72. The number of nitrogens with zero attached hydrogens (tertiary/aromatic N) is 2. The Bertz CT molecular complexity index is 546. The largest absolute Gasteiger partial charge is 0.245 e. The normalized spacial score (nSPS) is 10.1. The average Bonchev–Trinajstić information content (AvgIpc) is 2.17. The molecule has 1 aromatic heterocycles. The van der Waals surface area contributed by atoms with Gasteiger partial charge in [-0.3, -0.25) is 0 Å². The smallest absolute Gasteiger partial charge is 0.148 e. The van der Waals surface area contributed by atoms with Gasteiger partial charge in [0.25, 0.3) is 0 Å². The standard InChI is InChI=1S/C10H4BrFN2/c11-6-3-8-7(9(12)4-6)1-2-14-10(8)5-13/h1-4H. The summed E-state index contributed by atoms with van der Waals surface area (Å²) in [6.07, 6.45) is 1.43. The van der Waals surface area contributed by atoms with Crippen molar-refractivity contribution in [3.63, 3.8) is 0 Å². The molecule has 68 valence electrons. The molecule has 2 nitrogen and oxygen atoms in total. The first kappa shape index (κ1) is 9.10. The molecule has 0 saturated heterocycles. The van der Waals surface area contributed by atoms with Gasteiger partial charge < -0.3 is 0 Å². The van der Waals surface area contributed by atoms with E-state index in [0.29, 0.717) is 15.2 Å². The third kappa shape index (κ3) is 1.36. The molecule has 0 spiro atoms. The van der Waals surface area contributed by atoms with E-state index in [0.717, 1.165) is 0 Å². The van der Waals surface area contributed by atoms with Crippen molar-refractivity contribution < 1.29 is 4.39 Å². The monoisotopic (exact) mass is 250 g/mol. The molecule has 0 radical (unpaired) electrons. The van der Waals surface area contributed by atoms with E-state index >= 15 is 0 Å². The highest BCUT2D eigenvalue weighted by molar-refractivity contribution is 9.10. The molecule has 0 N–H and O–H groups in total. The fraction of sp³-hybridized carbons (Fsp3) is 0. The maximum atomic E-state index is 13.4. The average molecular weight is 251 g/mol. The molecule has 0 aliphatic heterocycles. The minimum Gasteiger partial charge on any atom is -0.245 e. The molecule has 0 atom stereocenters. The maximum Gasteiger partial charge on any atom is 0.148 e. The van der Waals surface area contributed by atoms with Gasteiger partial charge in [-0.15, -0.1) is 0 Å². The van der Waals surface area contributed by atoms with Gasteiger partial charge in [0, 0.05) is 21.4 Å². The number of aromatic nitrogens is 1. The van der Waals surface area contributed by atoms with Crippen LogP contribution in [0.2, 0.25) is 0 Å². The molecule has 1 heterocycles. The summed E-state index contributed by atoms with van der Waals surface area (Å²) in [5.41, 5.74) is 0.239. The van der Waals surface area contributed by atoms with E-state index in [-0.39, 0.29) is 11.5 Å². The predicted molar refractivity (Wildman–Crippen MR) is 54.1 cm³/mol. The Hall–Kier alpha value is -1.47. The molecule has 2 aromatic rings. The topological polar surface area (TPSA) is 36.7 Å². The van der Waals surface area contributed by atoms with Gasteiger partial charge in [-0.25, -0.2) is 9.37 Å². The summed E-state index contributed by atoms with van der Waals surface area (Å²) in [6.45, 7) is 0. The lowest BCUT2D eigenvalue weighted by atomic mass is 10.1. The molecule has 0 aliphatic carbocycles. The van der Waals surface area contributed by atoms with Gasteiger partial charge >= 0.3 is 0 Å². The van der Waals surface area contributed by atoms with Crippen molar-refractivity contribution >= 4 is 26.7 Å². The van der Waals surface area contributed by atoms with E-state index in [2.05, 4.69) is 20.9 Å². The molecule has 2 rings (SSSR count). The Labute approximate surface area is 88.1 Å². The third-order valence-corrected chi connectivity index (χ3v) is 2.36. The van der Waals surface area contributed by atoms with Crippen molar-refractivity contribution in [2.24, 2.45) is 0 Å². The molecular formula is C10H4BrFN2. The van der Waals surface area contributed by atoms with Crippen molar-refractivity contribution in [3.8, 4) is 6.07 Å². The molecule has 0 unspecified atom stereocenters. The van der Waals surface area contributed by atoms with Crippen LogP contribution in [0, 0.1) is 17.1 Å². The Morgan fingerprint density at radius 3 is 2.86 bits per heavy atom. The summed E-state index contributed by atoms with van der Waals surface area (Å²) >= 11 is 3.17. The van der Waals surface area contributed by atoms with Crippen LogP contribution in [0.15, 0.2) is 28.9 Å². The SMILES string of the molecule is N#Cc1nccc2c(F)cc(Br)cc12. The number of fused-ring (bicyclic) bond motifs is 1. The lowest BCUT2D eigenvalue weighted by Gasteiger charge is -2.01. The minimum absolute atomic E-state index is 0.239. The zero-order chi connectivity index (χ0) is 10.1. The Kier molecular flexibility index (Phi) is 2.18. The van der Waals surface area contributed by atoms with Crippen LogP contribution in [0.25, 0.3) is 10.8 Å². The molecule has 0 fully saturated rings. The Morgan fingerprint density at radius 1 is 1.36 bits per heavy atom. The third-order valence-electron chi connectivity index (χ3n) is 1.90. The van der Waals surface area contributed by atoms with Crippen LogP contribution in [-0.4, -0.2) is 4.98 Å². The van der Waals surface area contributed by atoms with Crippen LogP contribution in [0.1, 0.15) is 5.69 Å². The predicted octanol–water partition coefficient (Wildman–Crippen LogP) is 3.01. The number of hydrogen-bond acceptors (Lipinski definition) is 2. The number of hydrogen-bond donors (Lipinski definition) is 0. The number of halogens is 2. The van der Waals surface area contributed by atoms with Crippen LogP contribution in [0.3, 0.4) is 0 Å². The molecule has 14 heavy (non-hydrogen) atoms. The summed E-state index contributed by atoms with van der Waals surface area (Å²) in [4.78, 5) is 3.86. The van der Waals surface area contributed by atoms with Gasteiger partial charge in [0.15, 0.2) is 0 Å². The molecule has 1 aromatic carbocycles. The molecular weight excluding hydrogens is 247 g/mol. The van der Waals surface area contributed by atoms with E-state index in [4.69, 9.17) is 5.26 Å². The summed E-state index contributed by atoms with van der Waals surface area (Å²) in [7, 11) is 0. The van der Waals surface area contributed by atoms with E-state index in [1.54, 1.807) is 12.1 Å². The molecule has 0 amide bonds. The van der Waals surface area contributed by atoms with Gasteiger partial charge in [0.2, 0.25) is 0 Å². The quantitative estimate of drug-likeness (QED) is 0.721. The number of benzene rings is 1. The zero-order valence-corrected chi connectivity index (χ0v) is 8.55. The fourth-order valence-electron chi connectivity index (χ4n) is 1.30. The number of nitriles is 1. The van der Waals surface area contributed by atoms with Crippen LogP contribution in [-0.2, 0) is 0 Å². The van der Waals surface area contributed by atoms with Crippen LogP contribution in [0.4, 0.5) is 4.39 Å². The van der Waals surface area contributed by atoms with Crippen molar-refractivity contribution in [1.29, 1.82) is 5.26 Å². The van der Waals surface area contributed by atoms with Crippen LogP contribution in [0.5, 0.6) is 0 Å². The maximum absolute atomic E-state index is 13.4. The summed E-state index contributed by atoms with van der Waals surface area (Å²) in [5, 5.41) is 9.71. The van der Waals surface area contributed by atoms with E-state index in [1.165, 1.54) is 12.3 Å². The van der Waals surface area contributed by atoms with Crippen molar-refractivity contribution in [1.82, 2.24) is 4.98 Å². The first-order valence-corrected chi connectivity index (χ1v) is 4.65. The highest BCUT2D eigenvalue weighted by Gasteiger charge is 2.06. The van der Waals surface area contributed by atoms with Crippen molar-refractivity contribution in [2.45, 2.75) is 0 Å². The van der Waals surface area contributed by atoms with Gasteiger partial charge in [-0.2, -0.15) is 5.26 Å². The Balaban J connectivity index is 2.95. The van der Waals surface area contributed by atoms with Gasteiger partial charge in [0.05, 0.1) is 0 Å². The second-order valence-corrected chi connectivity index (χ2v) is 3.67. The van der Waals surface area contributed by atoms with Crippen molar-refractivity contribution in [2.75, 3.05) is 0 Å². The second-order valence-electron chi connectivity index (χ2n) is 2.75.